The Kier molecular flexibility index (Phi) is 3.98. The molecule has 0 saturated heterocycles. The van der Waals surface area contributed by atoms with E-state index in [-0.39, 0.29) is 18.3 Å². The van der Waals surface area contributed by atoms with Crippen LogP contribution < -0.4 is 4.74 Å². The van der Waals surface area contributed by atoms with Crippen LogP contribution in [0.15, 0.2) is 18.2 Å². The number of rotatable bonds is 3. The maximum Gasteiger partial charge on any atom is 0.433 e. The highest BCUT2D eigenvalue weighted by atomic mass is 19.4. The molecule has 0 aromatic carbocycles. The second kappa shape index (κ2) is 4.96. The number of ether oxygens (including phenoxy) is 1. The van der Waals surface area contributed by atoms with Gasteiger partial charge in [0.2, 0.25) is 5.88 Å². The molecule has 0 atom stereocenters. The van der Waals surface area contributed by atoms with Crippen molar-refractivity contribution in [2.45, 2.75) is 26.9 Å². The van der Waals surface area contributed by atoms with Gasteiger partial charge in [0, 0.05) is 11.5 Å². The summed E-state index contributed by atoms with van der Waals surface area (Å²) in [5.74, 6) is -0.413. The number of hydrogen-bond donors (Lipinski definition) is 0. The van der Waals surface area contributed by atoms with Crippen LogP contribution in [0.5, 0.6) is 5.88 Å². The van der Waals surface area contributed by atoms with Gasteiger partial charge in [0.15, 0.2) is 5.78 Å². The van der Waals surface area contributed by atoms with E-state index in [2.05, 4.69) is 4.98 Å². The predicted octanol–water partition coefficient (Wildman–Crippen LogP) is 3.09. The van der Waals surface area contributed by atoms with Gasteiger partial charge in [-0.1, -0.05) is 26.8 Å². The van der Waals surface area contributed by atoms with Crippen molar-refractivity contribution in [3.05, 3.63) is 23.9 Å². The molecule has 0 fully saturated rings. The van der Waals surface area contributed by atoms with E-state index in [1.165, 1.54) is 12.1 Å². The van der Waals surface area contributed by atoms with Gasteiger partial charge >= 0.3 is 6.18 Å². The van der Waals surface area contributed by atoms with Crippen LogP contribution in [0.1, 0.15) is 26.5 Å². The van der Waals surface area contributed by atoms with Crippen molar-refractivity contribution in [1.29, 1.82) is 0 Å². The highest BCUT2D eigenvalue weighted by Crippen LogP contribution is 2.28. The van der Waals surface area contributed by atoms with E-state index in [1.54, 1.807) is 20.8 Å². The Bertz CT molecular complexity index is 436. The van der Waals surface area contributed by atoms with Crippen LogP contribution >= 0.6 is 0 Å². The van der Waals surface area contributed by atoms with Crippen LogP contribution in [0.3, 0.4) is 0 Å². The molecule has 0 unspecified atom stereocenters. The van der Waals surface area contributed by atoms with Gasteiger partial charge in [-0.3, -0.25) is 4.79 Å². The molecule has 3 nitrogen and oxygen atoms in total. The molecule has 0 bridgehead atoms. The van der Waals surface area contributed by atoms with Crippen LogP contribution in [0.4, 0.5) is 13.2 Å². The van der Waals surface area contributed by atoms with E-state index in [9.17, 15) is 18.0 Å². The first-order valence-electron chi connectivity index (χ1n) is 5.31. The molecular weight excluding hydrogens is 247 g/mol. The Morgan fingerprint density at radius 3 is 2.39 bits per heavy atom. The summed E-state index contributed by atoms with van der Waals surface area (Å²) in [6, 6.07) is 3.32. The van der Waals surface area contributed by atoms with Crippen LogP contribution in [-0.2, 0) is 11.0 Å². The summed E-state index contributed by atoms with van der Waals surface area (Å²) < 4.78 is 42.1. The number of ketones is 1. The van der Waals surface area contributed by atoms with Gasteiger partial charge < -0.3 is 4.74 Å². The van der Waals surface area contributed by atoms with Gasteiger partial charge in [-0.15, -0.1) is 0 Å². The van der Waals surface area contributed by atoms with Crippen molar-refractivity contribution >= 4 is 5.78 Å². The number of nitrogens with zero attached hydrogens (tertiary/aromatic N) is 1. The van der Waals surface area contributed by atoms with Gasteiger partial charge in [0.05, 0.1) is 0 Å². The lowest BCUT2D eigenvalue weighted by atomic mass is 9.91. The molecular formula is C12H14F3NO2. The summed E-state index contributed by atoms with van der Waals surface area (Å²) in [4.78, 5) is 14.8. The topological polar surface area (TPSA) is 39.2 Å². The second-order valence-corrected chi connectivity index (χ2v) is 4.82. The minimum absolute atomic E-state index is 0.206. The van der Waals surface area contributed by atoms with Gasteiger partial charge in [-0.2, -0.15) is 13.2 Å². The van der Waals surface area contributed by atoms with Gasteiger partial charge in [0.1, 0.15) is 12.3 Å². The molecule has 0 aliphatic carbocycles. The molecule has 0 amide bonds. The molecule has 0 aliphatic heterocycles. The van der Waals surface area contributed by atoms with Crippen LogP contribution in [0, 0.1) is 5.41 Å². The zero-order valence-electron chi connectivity index (χ0n) is 10.3. The highest BCUT2D eigenvalue weighted by Gasteiger charge is 2.32. The fraction of sp³-hybridized carbons (Fsp3) is 0.500. The predicted molar refractivity (Wildman–Crippen MR) is 59.2 cm³/mol. The summed E-state index contributed by atoms with van der Waals surface area (Å²) >= 11 is 0. The number of alkyl halides is 3. The van der Waals surface area contributed by atoms with Crippen LogP contribution in [0.25, 0.3) is 0 Å². The van der Waals surface area contributed by atoms with Crippen molar-refractivity contribution in [1.82, 2.24) is 4.98 Å². The zero-order valence-corrected chi connectivity index (χ0v) is 10.3. The van der Waals surface area contributed by atoms with E-state index in [0.29, 0.717) is 0 Å². The van der Waals surface area contributed by atoms with Crippen LogP contribution in [-0.4, -0.2) is 17.4 Å². The lowest BCUT2D eigenvalue weighted by molar-refractivity contribution is -0.141. The lowest BCUT2D eigenvalue weighted by Gasteiger charge is -2.16. The maximum atomic E-state index is 12.4. The Morgan fingerprint density at radius 2 is 1.89 bits per heavy atom. The Labute approximate surface area is 103 Å². The summed E-state index contributed by atoms with van der Waals surface area (Å²) in [7, 11) is 0. The average Bonchev–Trinajstić information content (AvgIpc) is 2.23. The van der Waals surface area contributed by atoms with Crippen LogP contribution in [0.2, 0.25) is 0 Å². The van der Waals surface area contributed by atoms with Gasteiger partial charge in [-0.05, 0) is 6.07 Å². The lowest BCUT2D eigenvalue weighted by Crippen LogP contribution is -2.26. The quantitative estimate of drug-likeness (QED) is 0.839. The summed E-state index contributed by atoms with van der Waals surface area (Å²) in [5.41, 5.74) is -1.63. The summed E-state index contributed by atoms with van der Waals surface area (Å²) in [5, 5.41) is 0. The molecule has 6 heteroatoms. The van der Waals surface area contributed by atoms with Gasteiger partial charge in [0.25, 0.3) is 0 Å². The second-order valence-electron chi connectivity index (χ2n) is 4.82. The zero-order chi connectivity index (χ0) is 14.0. The molecule has 0 N–H and O–H groups in total. The first kappa shape index (κ1) is 14.5. The van der Waals surface area contributed by atoms with E-state index < -0.39 is 17.3 Å². The molecule has 0 spiro atoms. The first-order valence-corrected chi connectivity index (χ1v) is 5.31. The largest absolute Gasteiger partial charge is 0.470 e. The molecule has 1 aromatic heterocycles. The summed E-state index contributed by atoms with van der Waals surface area (Å²) in [6.45, 7) is 4.83. The number of halogens is 3. The first-order chi connectivity index (χ1) is 8.10. The molecule has 0 saturated carbocycles. The molecule has 1 rings (SSSR count). The minimum Gasteiger partial charge on any atom is -0.470 e. The monoisotopic (exact) mass is 261 g/mol. The Hall–Kier alpha value is -1.59. The normalized spacial score (nSPS) is 12.3. The third kappa shape index (κ3) is 4.01. The number of pyridine rings is 1. The molecule has 100 valence electrons. The number of hydrogen-bond acceptors (Lipinski definition) is 3. The minimum atomic E-state index is -4.52. The van der Waals surface area contributed by atoms with Gasteiger partial charge in [-0.25, -0.2) is 4.98 Å². The maximum absolute atomic E-state index is 12.4. The number of aromatic nitrogens is 1. The van der Waals surface area contributed by atoms with E-state index in [4.69, 9.17) is 4.74 Å². The van der Waals surface area contributed by atoms with E-state index in [1.807, 2.05) is 0 Å². The average molecular weight is 261 g/mol. The molecule has 18 heavy (non-hydrogen) atoms. The fourth-order valence-electron chi connectivity index (χ4n) is 1.01. The van der Waals surface area contributed by atoms with E-state index >= 15 is 0 Å². The number of Topliss-reactive ketones (excluding diaryl/α,β-unsaturated/α-hetero) is 1. The summed E-state index contributed by atoms with van der Waals surface area (Å²) in [6.07, 6.45) is -4.52. The Morgan fingerprint density at radius 1 is 1.28 bits per heavy atom. The molecule has 0 radical (unpaired) electrons. The molecule has 1 aromatic rings. The third-order valence-electron chi connectivity index (χ3n) is 2.20. The van der Waals surface area contributed by atoms with E-state index in [0.717, 1.165) is 6.07 Å². The highest BCUT2D eigenvalue weighted by molar-refractivity contribution is 5.84. The molecule has 0 aliphatic rings. The van der Waals surface area contributed by atoms with Crippen molar-refractivity contribution in [3.8, 4) is 5.88 Å². The third-order valence-corrected chi connectivity index (χ3v) is 2.20. The Balaban J connectivity index is 2.73. The smallest absolute Gasteiger partial charge is 0.433 e. The van der Waals surface area contributed by atoms with Crippen molar-refractivity contribution in [2.75, 3.05) is 6.61 Å². The number of carbonyl (C=O) groups is 1. The SMILES string of the molecule is CC(C)(C)C(=O)COc1cccc(C(F)(F)F)n1. The van der Waals surface area contributed by atoms with Crippen molar-refractivity contribution in [3.63, 3.8) is 0 Å². The fourth-order valence-corrected chi connectivity index (χ4v) is 1.01. The standard InChI is InChI=1S/C12H14F3NO2/c1-11(2,3)9(17)7-18-10-6-4-5-8(16-10)12(13,14)15/h4-6H,7H2,1-3H3. The number of carbonyl (C=O) groups excluding carboxylic acids is 1. The van der Waals surface area contributed by atoms with Crippen molar-refractivity contribution < 1.29 is 22.7 Å². The molecule has 1 heterocycles. The van der Waals surface area contributed by atoms with Crippen molar-refractivity contribution in [2.24, 2.45) is 5.41 Å².